The molecule has 0 spiro atoms. The highest BCUT2D eigenvalue weighted by molar-refractivity contribution is 5.95. The average molecular weight is 415 g/mol. The molecule has 3 rings (SSSR count). The van der Waals surface area contributed by atoms with Crippen LogP contribution in [0.5, 0.6) is 0 Å². The van der Waals surface area contributed by atoms with Crippen LogP contribution in [0.3, 0.4) is 0 Å². The Balaban J connectivity index is 1.42. The Bertz CT molecular complexity index is 759. The Morgan fingerprint density at radius 2 is 1.77 bits per heavy atom. The lowest BCUT2D eigenvalue weighted by molar-refractivity contribution is 0.0557. The van der Waals surface area contributed by atoms with Gasteiger partial charge in [0.15, 0.2) is 5.78 Å². The molecular weight excluding hydrogens is 383 g/mol. The quantitative estimate of drug-likeness (QED) is 0.436. The predicted molar refractivity (Wildman–Crippen MR) is 116 cm³/mol. The molecule has 0 aliphatic carbocycles. The molecule has 1 atom stereocenters. The SMILES string of the molecule is C=CCN1CCN(C(C=C)N2CCN(CCCC(=O)c3ccc(F)cc3)CC2)C1=O. The second kappa shape index (κ2) is 10.5. The van der Waals surface area contributed by atoms with E-state index in [1.807, 2.05) is 11.0 Å². The van der Waals surface area contributed by atoms with Gasteiger partial charge in [-0.15, -0.1) is 6.58 Å². The molecular formula is C23H31FN4O2. The van der Waals surface area contributed by atoms with Crippen LogP contribution in [0.1, 0.15) is 23.2 Å². The van der Waals surface area contributed by atoms with Crippen molar-refractivity contribution in [2.24, 2.45) is 0 Å². The Labute approximate surface area is 178 Å². The minimum Gasteiger partial charge on any atom is -0.319 e. The molecule has 2 saturated heterocycles. The molecule has 2 amide bonds. The lowest BCUT2D eigenvalue weighted by Crippen LogP contribution is -2.56. The number of urea groups is 1. The molecule has 0 radical (unpaired) electrons. The number of piperazine rings is 1. The van der Waals surface area contributed by atoms with Crippen molar-refractivity contribution in [1.82, 2.24) is 19.6 Å². The zero-order chi connectivity index (χ0) is 21.5. The van der Waals surface area contributed by atoms with Crippen LogP contribution in [0.4, 0.5) is 9.18 Å². The maximum Gasteiger partial charge on any atom is 0.321 e. The normalized spacial score (nSPS) is 19.2. The summed E-state index contributed by atoms with van der Waals surface area (Å²) in [5.74, 6) is -0.275. The molecule has 2 fully saturated rings. The number of nitrogens with zero attached hydrogens (tertiary/aromatic N) is 4. The highest BCUT2D eigenvalue weighted by atomic mass is 19.1. The molecule has 2 aliphatic rings. The first-order chi connectivity index (χ1) is 14.5. The summed E-state index contributed by atoms with van der Waals surface area (Å²) in [4.78, 5) is 33.2. The Morgan fingerprint density at radius 1 is 1.07 bits per heavy atom. The fourth-order valence-corrected chi connectivity index (χ4v) is 4.14. The van der Waals surface area contributed by atoms with Crippen molar-refractivity contribution >= 4 is 11.8 Å². The van der Waals surface area contributed by atoms with Crippen LogP contribution >= 0.6 is 0 Å². The topological polar surface area (TPSA) is 47.1 Å². The number of hydrogen-bond donors (Lipinski definition) is 0. The van der Waals surface area contributed by atoms with Gasteiger partial charge in [-0.1, -0.05) is 18.7 Å². The van der Waals surface area contributed by atoms with Crippen LogP contribution in [0.15, 0.2) is 49.6 Å². The van der Waals surface area contributed by atoms with E-state index in [1.165, 1.54) is 12.1 Å². The lowest BCUT2D eigenvalue weighted by Gasteiger charge is -2.41. The number of amides is 2. The molecule has 30 heavy (non-hydrogen) atoms. The van der Waals surface area contributed by atoms with Crippen LogP contribution in [0.25, 0.3) is 0 Å². The van der Waals surface area contributed by atoms with Crippen LogP contribution in [-0.2, 0) is 0 Å². The first-order valence-corrected chi connectivity index (χ1v) is 10.6. The first kappa shape index (κ1) is 22.2. The summed E-state index contributed by atoms with van der Waals surface area (Å²) < 4.78 is 13.0. The molecule has 1 aromatic carbocycles. The Morgan fingerprint density at radius 3 is 2.40 bits per heavy atom. The van der Waals surface area contributed by atoms with Gasteiger partial charge in [-0.05, 0) is 37.2 Å². The predicted octanol–water partition coefficient (Wildman–Crippen LogP) is 2.84. The van der Waals surface area contributed by atoms with E-state index in [1.54, 1.807) is 23.1 Å². The molecule has 1 unspecified atom stereocenters. The van der Waals surface area contributed by atoms with Crippen molar-refractivity contribution in [3.05, 3.63) is 61.0 Å². The minimum absolute atomic E-state index is 0.0431. The highest BCUT2D eigenvalue weighted by Crippen LogP contribution is 2.18. The molecule has 2 heterocycles. The van der Waals surface area contributed by atoms with E-state index in [0.29, 0.717) is 25.1 Å². The third-order valence-electron chi connectivity index (χ3n) is 5.83. The van der Waals surface area contributed by atoms with Gasteiger partial charge in [0.1, 0.15) is 12.0 Å². The van der Waals surface area contributed by atoms with E-state index in [-0.39, 0.29) is 23.8 Å². The van der Waals surface area contributed by atoms with Gasteiger partial charge >= 0.3 is 6.03 Å². The van der Waals surface area contributed by atoms with Crippen molar-refractivity contribution in [1.29, 1.82) is 0 Å². The Kier molecular flexibility index (Phi) is 7.76. The van der Waals surface area contributed by atoms with E-state index in [2.05, 4.69) is 23.0 Å². The van der Waals surface area contributed by atoms with E-state index in [9.17, 15) is 14.0 Å². The molecule has 1 aromatic rings. The molecule has 0 saturated carbocycles. The molecule has 6 nitrogen and oxygen atoms in total. The molecule has 0 N–H and O–H groups in total. The first-order valence-electron chi connectivity index (χ1n) is 10.6. The van der Waals surface area contributed by atoms with Crippen LogP contribution in [0, 0.1) is 5.82 Å². The largest absolute Gasteiger partial charge is 0.321 e. The van der Waals surface area contributed by atoms with E-state index in [4.69, 9.17) is 0 Å². The molecule has 7 heteroatoms. The van der Waals surface area contributed by atoms with Gasteiger partial charge in [-0.2, -0.15) is 0 Å². The molecule has 0 bridgehead atoms. The summed E-state index contributed by atoms with van der Waals surface area (Å²) in [5.41, 5.74) is 0.566. The van der Waals surface area contributed by atoms with Crippen LogP contribution < -0.4 is 0 Å². The van der Waals surface area contributed by atoms with Crippen LogP contribution in [-0.4, -0.2) is 89.9 Å². The van der Waals surface area contributed by atoms with Gasteiger partial charge in [-0.25, -0.2) is 9.18 Å². The van der Waals surface area contributed by atoms with Crippen molar-refractivity contribution in [2.75, 3.05) is 52.4 Å². The fraction of sp³-hybridized carbons (Fsp3) is 0.478. The second-order valence-corrected chi connectivity index (χ2v) is 7.77. The van der Waals surface area contributed by atoms with Crippen molar-refractivity contribution in [2.45, 2.75) is 19.0 Å². The van der Waals surface area contributed by atoms with Crippen molar-refractivity contribution < 1.29 is 14.0 Å². The third kappa shape index (κ3) is 5.34. The van der Waals surface area contributed by atoms with Gasteiger partial charge < -0.3 is 14.7 Å². The minimum atomic E-state index is -0.328. The maximum absolute atomic E-state index is 13.0. The zero-order valence-electron chi connectivity index (χ0n) is 17.5. The highest BCUT2D eigenvalue weighted by Gasteiger charge is 2.35. The summed E-state index contributed by atoms with van der Waals surface area (Å²) in [7, 11) is 0. The number of ketones is 1. The van der Waals surface area contributed by atoms with Gasteiger partial charge in [0.2, 0.25) is 0 Å². The number of carbonyl (C=O) groups is 2. The number of benzene rings is 1. The summed E-state index contributed by atoms with van der Waals surface area (Å²) >= 11 is 0. The number of halogens is 1. The molecule has 2 aliphatic heterocycles. The van der Waals surface area contributed by atoms with Gasteiger partial charge in [0, 0.05) is 57.8 Å². The van der Waals surface area contributed by atoms with Gasteiger partial charge in [-0.3, -0.25) is 9.69 Å². The summed E-state index contributed by atoms with van der Waals surface area (Å²) in [6.07, 6.45) is 4.76. The maximum atomic E-state index is 13.0. The number of hydrogen-bond acceptors (Lipinski definition) is 4. The number of carbonyl (C=O) groups excluding carboxylic acids is 2. The zero-order valence-corrected chi connectivity index (χ0v) is 17.5. The van der Waals surface area contributed by atoms with E-state index >= 15 is 0 Å². The number of rotatable bonds is 10. The van der Waals surface area contributed by atoms with E-state index in [0.717, 1.165) is 45.7 Å². The standard InChI is InChI=1S/C23H31FN4O2/c1-3-11-27-17-18-28(23(27)30)22(4-2)26-15-13-25(14-16-26)12-5-6-21(29)19-7-9-20(24)10-8-19/h3-4,7-10,22H,1-2,5-6,11-18H2. The number of Topliss-reactive ketones (excluding diaryl/α,β-unsaturated/α-hetero) is 1. The lowest BCUT2D eigenvalue weighted by atomic mass is 10.1. The second-order valence-electron chi connectivity index (χ2n) is 7.77. The average Bonchev–Trinajstić information content (AvgIpc) is 3.11. The smallest absolute Gasteiger partial charge is 0.319 e. The molecule has 162 valence electrons. The van der Waals surface area contributed by atoms with Crippen molar-refractivity contribution in [3.8, 4) is 0 Å². The monoisotopic (exact) mass is 414 g/mol. The van der Waals surface area contributed by atoms with Crippen LogP contribution in [0.2, 0.25) is 0 Å². The van der Waals surface area contributed by atoms with E-state index < -0.39 is 0 Å². The summed E-state index contributed by atoms with van der Waals surface area (Å²) in [6.45, 7) is 14.0. The molecule has 0 aromatic heterocycles. The third-order valence-corrected chi connectivity index (χ3v) is 5.83. The summed E-state index contributed by atoms with van der Waals surface area (Å²) in [5, 5.41) is 0. The van der Waals surface area contributed by atoms with Crippen molar-refractivity contribution in [3.63, 3.8) is 0 Å². The van der Waals surface area contributed by atoms with Gasteiger partial charge in [0.25, 0.3) is 0 Å². The Hall–Kier alpha value is -2.51. The van der Waals surface area contributed by atoms with Gasteiger partial charge in [0.05, 0.1) is 0 Å². The fourth-order valence-electron chi connectivity index (χ4n) is 4.14. The summed E-state index contributed by atoms with van der Waals surface area (Å²) in [6, 6.07) is 5.78.